The third kappa shape index (κ3) is 3.26. The van der Waals surface area contributed by atoms with Crippen LogP contribution < -0.4 is 5.32 Å². The SMILES string of the molecule is CC(C)n1cc(NC(C)C(C)(C)C)cn1. The lowest BCUT2D eigenvalue weighted by atomic mass is 9.88. The summed E-state index contributed by atoms with van der Waals surface area (Å²) in [7, 11) is 0. The van der Waals surface area contributed by atoms with Crippen LogP contribution in [0.2, 0.25) is 0 Å². The predicted molar refractivity (Wildman–Crippen MR) is 65.2 cm³/mol. The second-order valence-electron chi connectivity index (χ2n) is 5.53. The van der Waals surface area contributed by atoms with Crippen LogP contribution in [0.4, 0.5) is 5.69 Å². The Morgan fingerprint density at radius 1 is 1.27 bits per heavy atom. The summed E-state index contributed by atoms with van der Waals surface area (Å²) in [6.45, 7) is 13.2. The smallest absolute Gasteiger partial charge is 0.0728 e. The fourth-order valence-electron chi connectivity index (χ4n) is 1.16. The van der Waals surface area contributed by atoms with Crippen LogP contribution in [-0.2, 0) is 0 Å². The standard InChI is InChI=1S/C12H23N3/c1-9(2)15-8-11(7-13-15)14-10(3)12(4,5)6/h7-10,14H,1-6H3. The summed E-state index contributed by atoms with van der Waals surface area (Å²) in [6.07, 6.45) is 3.95. The van der Waals surface area contributed by atoms with Crippen LogP contribution >= 0.6 is 0 Å². The van der Waals surface area contributed by atoms with Crippen LogP contribution in [0, 0.1) is 5.41 Å². The Kier molecular flexibility index (Phi) is 3.42. The molecule has 3 heteroatoms. The fraction of sp³-hybridized carbons (Fsp3) is 0.750. The summed E-state index contributed by atoms with van der Waals surface area (Å²) in [4.78, 5) is 0. The first kappa shape index (κ1) is 12.1. The number of anilines is 1. The summed E-state index contributed by atoms with van der Waals surface area (Å²) in [5.74, 6) is 0. The van der Waals surface area contributed by atoms with Gasteiger partial charge in [0.25, 0.3) is 0 Å². The lowest BCUT2D eigenvalue weighted by molar-refractivity contribution is 0.359. The van der Waals surface area contributed by atoms with Crippen molar-refractivity contribution in [1.82, 2.24) is 9.78 Å². The second kappa shape index (κ2) is 4.25. The van der Waals surface area contributed by atoms with Crippen LogP contribution in [0.25, 0.3) is 0 Å². The minimum absolute atomic E-state index is 0.264. The first-order valence-corrected chi connectivity index (χ1v) is 5.61. The summed E-state index contributed by atoms with van der Waals surface area (Å²) in [6, 6.07) is 0.854. The van der Waals surface area contributed by atoms with Gasteiger partial charge in [-0.2, -0.15) is 5.10 Å². The lowest BCUT2D eigenvalue weighted by Gasteiger charge is -2.28. The van der Waals surface area contributed by atoms with Gasteiger partial charge < -0.3 is 5.32 Å². The third-order valence-electron chi connectivity index (χ3n) is 2.81. The average molecular weight is 209 g/mol. The predicted octanol–water partition coefficient (Wildman–Crippen LogP) is 3.31. The molecule has 0 radical (unpaired) electrons. The van der Waals surface area contributed by atoms with E-state index in [4.69, 9.17) is 0 Å². The number of nitrogens with one attached hydrogen (secondary N) is 1. The van der Waals surface area contributed by atoms with Crippen molar-refractivity contribution in [2.45, 2.75) is 53.6 Å². The molecule has 1 N–H and O–H groups in total. The van der Waals surface area contributed by atoms with E-state index in [1.165, 1.54) is 0 Å². The molecule has 0 bridgehead atoms. The molecule has 0 aliphatic heterocycles. The molecule has 3 nitrogen and oxygen atoms in total. The van der Waals surface area contributed by atoms with Gasteiger partial charge in [0.05, 0.1) is 11.9 Å². The molecule has 0 aliphatic carbocycles. The van der Waals surface area contributed by atoms with Gasteiger partial charge in [0, 0.05) is 18.3 Å². The minimum Gasteiger partial charge on any atom is -0.380 e. The largest absolute Gasteiger partial charge is 0.380 e. The van der Waals surface area contributed by atoms with Crippen molar-refractivity contribution in [2.75, 3.05) is 5.32 Å². The van der Waals surface area contributed by atoms with Crippen LogP contribution in [0.3, 0.4) is 0 Å². The minimum atomic E-state index is 0.264. The molecule has 15 heavy (non-hydrogen) atoms. The molecular formula is C12H23N3. The number of rotatable bonds is 3. The lowest BCUT2D eigenvalue weighted by Crippen LogP contribution is -2.30. The van der Waals surface area contributed by atoms with Gasteiger partial charge in [0.2, 0.25) is 0 Å². The molecule has 0 fully saturated rings. The summed E-state index contributed by atoms with van der Waals surface area (Å²) in [5, 5.41) is 7.78. The van der Waals surface area contributed by atoms with E-state index in [0.717, 1.165) is 5.69 Å². The Balaban J connectivity index is 2.65. The van der Waals surface area contributed by atoms with Crippen molar-refractivity contribution in [3.8, 4) is 0 Å². The maximum Gasteiger partial charge on any atom is 0.0728 e. The highest BCUT2D eigenvalue weighted by atomic mass is 15.3. The molecule has 1 heterocycles. The van der Waals surface area contributed by atoms with Gasteiger partial charge in [0.15, 0.2) is 0 Å². The van der Waals surface area contributed by atoms with E-state index in [9.17, 15) is 0 Å². The molecule has 1 atom stereocenters. The van der Waals surface area contributed by atoms with E-state index in [1.807, 2.05) is 10.9 Å². The van der Waals surface area contributed by atoms with E-state index in [2.05, 4.69) is 58.2 Å². The van der Waals surface area contributed by atoms with E-state index in [1.54, 1.807) is 0 Å². The molecule has 0 aliphatic rings. The van der Waals surface area contributed by atoms with Crippen molar-refractivity contribution in [3.63, 3.8) is 0 Å². The van der Waals surface area contributed by atoms with Crippen LogP contribution in [-0.4, -0.2) is 15.8 Å². The molecule has 1 rings (SSSR count). The Bertz CT molecular complexity index is 307. The van der Waals surface area contributed by atoms with Gasteiger partial charge >= 0.3 is 0 Å². The highest BCUT2D eigenvalue weighted by molar-refractivity contribution is 5.39. The Morgan fingerprint density at radius 2 is 1.87 bits per heavy atom. The van der Waals surface area contributed by atoms with Gasteiger partial charge in [-0.05, 0) is 26.2 Å². The normalized spacial score (nSPS) is 14.3. The van der Waals surface area contributed by atoms with Gasteiger partial charge in [-0.25, -0.2) is 0 Å². The highest BCUT2D eigenvalue weighted by Gasteiger charge is 2.20. The molecule has 0 spiro atoms. The van der Waals surface area contributed by atoms with Crippen molar-refractivity contribution in [1.29, 1.82) is 0 Å². The third-order valence-corrected chi connectivity index (χ3v) is 2.81. The number of hydrogen-bond acceptors (Lipinski definition) is 2. The molecule has 0 saturated carbocycles. The maximum atomic E-state index is 4.30. The summed E-state index contributed by atoms with van der Waals surface area (Å²) < 4.78 is 1.97. The van der Waals surface area contributed by atoms with Gasteiger partial charge in [-0.1, -0.05) is 20.8 Å². The Labute approximate surface area is 92.9 Å². The molecule has 1 aromatic rings. The first-order valence-electron chi connectivity index (χ1n) is 5.61. The molecule has 0 saturated heterocycles. The molecular weight excluding hydrogens is 186 g/mol. The second-order valence-corrected chi connectivity index (χ2v) is 5.53. The van der Waals surface area contributed by atoms with Crippen molar-refractivity contribution >= 4 is 5.69 Å². The zero-order chi connectivity index (χ0) is 11.6. The van der Waals surface area contributed by atoms with Crippen LogP contribution in [0.5, 0.6) is 0 Å². The number of nitrogens with zero attached hydrogens (tertiary/aromatic N) is 2. The van der Waals surface area contributed by atoms with Gasteiger partial charge in [0.1, 0.15) is 0 Å². The van der Waals surface area contributed by atoms with E-state index >= 15 is 0 Å². The van der Waals surface area contributed by atoms with E-state index in [0.29, 0.717) is 12.1 Å². The maximum absolute atomic E-state index is 4.30. The average Bonchev–Trinajstić information content (AvgIpc) is 2.50. The number of aromatic nitrogens is 2. The van der Waals surface area contributed by atoms with Gasteiger partial charge in [-0.3, -0.25) is 4.68 Å². The zero-order valence-electron chi connectivity index (χ0n) is 10.7. The van der Waals surface area contributed by atoms with Crippen molar-refractivity contribution in [3.05, 3.63) is 12.4 Å². The Morgan fingerprint density at radius 3 is 2.27 bits per heavy atom. The molecule has 0 aromatic carbocycles. The highest BCUT2D eigenvalue weighted by Crippen LogP contribution is 2.22. The van der Waals surface area contributed by atoms with Gasteiger partial charge in [-0.15, -0.1) is 0 Å². The van der Waals surface area contributed by atoms with E-state index in [-0.39, 0.29) is 5.41 Å². The Hall–Kier alpha value is -0.990. The summed E-state index contributed by atoms with van der Waals surface area (Å²) in [5.41, 5.74) is 1.37. The summed E-state index contributed by atoms with van der Waals surface area (Å²) >= 11 is 0. The van der Waals surface area contributed by atoms with Crippen LogP contribution in [0.15, 0.2) is 12.4 Å². The van der Waals surface area contributed by atoms with E-state index < -0.39 is 0 Å². The molecule has 1 aromatic heterocycles. The van der Waals surface area contributed by atoms with Crippen LogP contribution in [0.1, 0.15) is 47.6 Å². The molecule has 86 valence electrons. The molecule has 1 unspecified atom stereocenters. The monoisotopic (exact) mass is 209 g/mol. The first-order chi connectivity index (χ1) is 6.80. The molecule has 0 amide bonds. The van der Waals surface area contributed by atoms with Crippen molar-refractivity contribution < 1.29 is 0 Å². The quantitative estimate of drug-likeness (QED) is 0.827. The topological polar surface area (TPSA) is 29.9 Å². The zero-order valence-corrected chi connectivity index (χ0v) is 10.7. The van der Waals surface area contributed by atoms with Crippen molar-refractivity contribution in [2.24, 2.45) is 5.41 Å². The number of hydrogen-bond donors (Lipinski definition) is 1. The fourth-order valence-corrected chi connectivity index (χ4v) is 1.16.